The van der Waals surface area contributed by atoms with E-state index in [1.54, 1.807) is 0 Å². The van der Waals surface area contributed by atoms with Gasteiger partial charge >= 0.3 is 0 Å². The summed E-state index contributed by atoms with van der Waals surface area (Å²) in [5.41, 5.74) is 0. The maximum absolute atomic E-state index is 5.88. The number of ether oxygens (including phenoxy) is 1. The molecule has 2 aromatic rings. The molecule has 2 heterocycles. The van der Waals surface area contributed by atoms with Gasteiger partial charge in [-0.25, -0.2) is 0 Å². The molecule has 1 atom stereocenters. The summed E-state index contributed by atoms with van der Waals surface area (Å²) in [6.45, 7) is 9.78. The zero-order chi connectivity index (χ0) is 17.6. The zero-order valence-electron chi connectivity index (χ0n) is 14.8. The van der Waals surface area contributed by atoms with Crippen LogP contribution in [-0.2, 0) is 6.42 Å². The van der Waals surface area contributed by atoms with Crippen molar-refractivity contribution in [2.24, 2.45) is 0 Å². The third kappa shape index (κ3) is 4.93. The van der Waals surface area contributed by atoms with Crippen LogP contribution in [0, 0.1) is 0 Å². The van der Waals surface area contributed by atoms with Crippen molar-refractivity contribution in [3.8, 4) is 5.75 Å². The lowest BCUT2D eigenvalue weighted by atomic mass is 10.2. The highest BCUT2D eigenvalue weighted by molar-refractivity contribution is 6.30. The molecule has 0 amide bonds. The van der Waals surface area contributed by atoms with E-state index in [0.29, 0.717) is 6.61 Å². The molecule has 136 valence electrons. The minimum Gasteiger partial charge on any atom is -0.492 e. The Balaban J connectivity index is 1.40. The lowest BCUT2D eigenvalue weighted by Gasteiger charge is -2.36. The molecular formula is C18H25ClN4O2. The number of rotatable bonds is 7. The molecule has 1 aromatic carbocycles. The highest BCUT2D eigenvalue weighted by Crippen LogP contribution is 2.20. The molecule has 6 nitrogen and oxygen atoms in total. The van der Waals surface area contributed by atoms with E-state index in [9.17, 15) is 0 Å². The summed E-state index contributed by atoms with van der Waals surface area (Å²) in [5, 5.41) is 4.72. The summed E-state index contributed by atoms with van der Waals surface area (Å²) >= 11 is 5.88. The van der Waals surface area contributed by atoms with Crippen LogP contribution in [0.15, 0.2) is 28.8 Å². The van der Waals surface area contributed by atoms with E-state index in [2.05, 4.69) is 26.9 Å². The van der Waals surface area contributed by atoms with Gasteiger partial charge in [-0.2, -0.15) is 4.98 Å². The zero-order valence-corrected chi connectivity index (χ0v) is 15.6. The first-order valence-corrected chi connectivity index (χ1v) is 9.20. The SMILES string of the molecule is CCc1noc([C@H](C)N2CCN(CCOc3ccc(Cl)cc3)CC2)n1. The predicted octanol–water partition coefficient (Wildman–Crippen LogP) is 3.04. The van der Waals surface area contributed by atoms with Crippen molar-refractivity contribution in [1.82, 2.24) is 19.9 Å². The van der Waals surface area contributed by atoms with E-state index < -0.39 is 0 Å². The van der Waals surface area contributed by atoms with E-state index in [4.69, 9.17) is 20.9 Å². The van der Waals surface area contributed by atoms with Crippen molar-refractivity contribution in [1.29, 1.82) is 0 Å². The van der Waals surface area contributed by atoms with Crippen LogP contribution in [0.2, 0.25) is 5.02 Å². The highest BCUT2D eigenvalue weighted by Gasteiger charge is 2.25. The van der Waals surface area contributed by atoms with Gasteiger partial charge in [0.1, 0.15) is 12.4 Å². The second-order valence-electron chi connectivity index (χ2n) is 6.26. The number of hydrogen-bond acceptors (Lipinski definition) is 6. The van der Waals surface area contributed by atoms with Crippen LogP contribution in [0.3, 0.4) is 0 Å². The van der Waals surface area contributed by atoms with Crippen molar-refractivity contribution in [2.75, 3.05) is 39.3 Å². The van der Waals surface area contributed by atoms with Gasteiger partial charge in [-0.1, -0.05) is 23.7 Å². The Bertz CT molecular complexity index is 653. The van der Waals surface area contributed by atoms with Gasteiger partial charge in [0, 0.05) is 44.2 Å². The molecule has 1 aromatic heterocycles. The Labute approximate surface area is 153 Å². The van der Waals surface area contributed by atoms with E-state index in [0.717, 1.165) is 61.6 Å². The molecule has 25 heavy (non-hydrogen) atoms. The Morgan fingerprint density at radius 3 is 2.56 bits per heavy atom. The fourth-order valence-corrected chi connectivity index (χ4v) is 3.06. The van der Waals surface area contributed by atoms with Crippen LogP contribution >= 0.6 is 11.6 Å². The molecule has 3 rings (SSSR count). The quantitative estimate of drug-likeness (QED) is 0.752. The number of piperazine rings is 1. The Kier molecular flexibility index (Phi) is 6.29. The molecule has 0 N–H and O–H groups in total. The summed E-state index contributed by atoms with van der Waals surface area (Å²) in [5.74, 6) is 2.36. The van der Waals surface area contributed by atoms with Crippen molar-refractivity contribution in [2.45, 2.75) is 26.3 Å². The first-order valence-electron chi connectivity index (χ1n) is 8.83. The molecule has 0 unspecified atom stereocenters. The molecule has 0 radical (unpaired) electrons. The second-order valence-corrected chi connectivity index (χ2v) is 6.69. The molecule has 7 heteroatoms. The summed E-state index contributed by atoms with van der Waals surface area (Å²) in [6.07, 6.45) is 0.803. The lowest BCUT2D eigenvalue weighted by molar-refractivity contribution is 0.0800. The van der Waals surface area contributed by atoms with Gasteiger partial charge in [0.15, 0.2) is 5.82 Å². The summed E-state index contributed by atoms with van der Waals surface area (Å²) in [6, 6.07) is 7.66. The van der Waals surface area contributed by atoms with Gasteiger partial charge in [-0.05, 0) is 31.2 Å². The maximum atomic E-state index is 5.88. The van der Waals surface area contributed by atoms with Crippen LogP contribution in [-0.4, -0.2) is 59.3 Å². The average molecular weight is 365 g/mol. The molecule has 0 saturated carbocycles. The molecule has 0 spiro atoms. The smallest absolute Gasteiger partial charge is 0.243 e. The second kappa shape index (κ2) is 8.65. The van der Waals surface area contributed by atoms with E-state index >= 15 is 0 Å². The van der Waals surface area contributed by atoms with Gasteiger partial charge < -0.3 is 9.26 Å². The number of halogens is 1. The van der Waals surface area contributed by atoms with Gasteiger partial charge in [-0.15, -0.1) is 0 Å². The van der Waals surface area contributed by atoms with Gasteiger partial charge in [-0.3, -0.25) is 9.80 Å². The minimum atomic E-state index is 0.167. The van der Waals surface area contributed by atoms with E-state index in [-0.39, 0.29) is 6.04 Å². The normalized spacial score (nSPS) is 17.6. The molecule has 1 fully saturated rings. The van der Waals surface area contributed by atoms with Crippen molar-refractivity contribution < 1.29 is 9.26 Å². The number of nitrogens with zero attached hydrogens (tertiary/aromatic N) is 4. The van der Waals surface area contributed by atoms with Crippen molar-refractivity contribution in [3.63, 3.8) is 0 Å². The Morgan fingerprint density at radius 1 is 1.20 bits per heavy atom. The summed E-state index contributed by atoms with van der Waals surface area (Å²) in [4.78, 5) is 9.26. The Morgan fingerprint density at radius 2 is 1.92 bits per heavy atom. The molecule has 1 saturated heterocycles. The van der Waals surface area contributed by atoms with Crippen LogP contribution in [0.25, 0.3) is 0 Å². The van der Waals surface area contributed by atoms with Gasteiger partial charge in [0.05, 0.1) is 6.04 Å². The summed E-state index contributed by atoms with van der Waals surface area (Å²) in [7, 11) is 0. The monoisotopic (exact) mass is 364 g/mol. The number of hydrogen-bond donors (Lipinski definition) is 0. The standard InChI is InChI=1S/C18H25ClN4O2/c1-3-17-20-18(25-21-17)14(2)23-10-8-22(9-11-23)12-13-24-16-6-4-15(19)5-7-16/h4-7,14H,3,8-13H2,1-2H3/t14-/m0/s1. The third-order valence-corrected chi connectivity index (χ3v) is 4.85. The fourth-order valence-electron chi connectivity index (χ4n) is 2.93. The number of aromatic nitrogens is 2. The molecule has 0 bridgehead atoms. The number of benzene rings is 1. The topological polar surface area (TPSA) is 54.6 Å². The third-order valence-electron chi connectivity index (χ3n) is 4.60. The lowest BCUT2D eigenvalue weighted by Crippen LogP contribution is -2.48. The summed E-state index contributed by atoms with van der Waals surface area (Å²) < 4.78 is 11.1. The van der Waals surface area contributed by atoms with E-state index in [1.165, 1.54) is 0 Å². The number of aryl methyl sites for hydroxylation is 1. The largest absolute Gasteiger partial charge is 0.492 e. The highest BCUT2D eigenvalue weighted by atomic mass is 35.5. The van der Waals surface area contributed by atoms with Crippen LogP contribution in [0.5, 0.6) is 5.75 Å². The first kappa shape index (κ1) is 18.2. The van der Waals surface area contributed by atoms with Gasteiger partial charge in [0.2, 0.25) is 5.89 Å². The molecule has 1 aliphatic heterocycles. The fraction of sp³-hybridized carbons (Fsp3) is 0.556. The Hall–Kier alpha value is -1.63. The predicted molar refractivity (Wildman–Crippen MR) is 97.1 cm³/mol. The van der Waals surface area contributed by atoms with Crippen molar-refractivity contribution in [3.05, 3.63) is 41.0 Å². The van der Waals surface area contributed by atoms with Crippen LogP contribution < -0.4 is 4.74 Å². The minimum absolute atomic E-state index is 0.167. The van der Waals surface area contributed by atoms with Crippen LogP contribution in [0.4, 0.5) is 0 Å². The molecule has 0 aliphatic carbocycles. The van der Waals surface area contributed by atoms with Crippen molar-refractivity contribution >= 4 is 11.6 Å². The van der Waals surface area contributed by atoms with Gasteiger partial charge in [0.25, 0.3) is 0 Å². The first-order chi connectivity index (χ1) is 12.2. The van der Waals surface area contributed by atoms with E-state index in [1.807, 2.05) is 31.2 Å². The van der Waals surface area contributed by atoms with Crippen LogP contribution in [0.1, 0.15) is 31.6 Å². The molecular weight excluding hydrogens is 340 g/mol. The average Bonchev–Trinajstić information content (AvgIpc) is 3.13. The molecule has 1 aliphatic rings. The maximum Gasteiger partial charge on any atom is 0.243 e.